The molecule has 0 aliphatic heterocycles. The number of thiophene rings is 1. The number of nitrogens with one attached hydrogen (secondary N) is 2. The number of carbonyl (C=O) groups excluding carboxylic acids is 1. The lowest BCUT2D eigenvalue weighted by Gasteiger charge is -2.15. The van der Waals surface area contributed by atoms with Gasteiger partial charge in [-0.05, 0) is 30.6 Å². The molecule has 0 saturated heterocycles. The van der Waals surface area contributed by atoms with Gasteiger partial charge in [-0.15, -0.1) is 11.3 Å². The Bertz CT molecular complexity index is 860. The van der Waals surface area contributed by atoms with Gasteiger partial charge >= 0.3 is 0 Å². The van der Waals surface area contributed by atoms with Gasteiger partial charge in [0.2, 0.25) is 5.91 Å². The van der Waals surface area contributed by atoms with E-state index < -0.39 is 6.04 Å². The van der Waals surface area contributed by atoms with Gasteiger partial charge in [0.05, 0.1) is 11.4 Å². The van der Waals surface area contributed by atoms with E-state index in [1.165, 1.54) is 0 Å². The topological polar surface area (TPSA) is 80.5 Å². The Morgan fingerprint density at radius 2 is 2.39 bits per heavy atom. The Morgan fingerprint density at radius 3 is 3.04 bits per heavy atom. The lowest BCUT2D eigenvalue weighted by molar-refractivity contribution is -0.124. The second-order valence-electron chi connectivity index (χ2n) is 5.05. The fourth-order valence-corrected chi connectivity index (χ4v) is 3.24. The Labute approximate surface area is 142 Å². The van der Waals surface area contributed by atoms with Crippen LogP contribution in [0.2, 0.25) is 0 Å². The van der Waals surface area contributed by atoms with E-state index in [0.29, 0.717) is 17.1 Å². The van der Waals surface area contributed by atoms with Crippen LogP contribution in [0.3, 0.4) is 0 Å². The fourth-order valence-electron chi connectivity index (χ4n) is 2.24. The molecular formula is C14H16N6OS2. The number of aromatic nitrogens is 5. The minimum atomic E-state index is -0.474. The number of hydrogen-bond acceptors (Lipinski definition) is 5. The van der Waals surface area contributed by atoms with Crippen LogP contribution >= 0.6 is 23.6 Å². The van der Waals surface area contributed by atoms with Crippen LogP contribution in [0.15, 0.2) is 29.9 Å². The van der Waals surface area contributed by atoms with Crippen LogP contribution in [-0.2, 0) is 18.4 Å². The summed E-state index contributed by atoms with van der Waals surface area (Å²) in [6.45, 7) is 2.17. The molecule has 3 aromatic heterocycles. The van der Waals surface area contributed by atoms with Crippen molar-refractivity contribution in [3.05, 3.63) is 40.5 Å². The highest BCUT2D eigenvalue weighted by Crippen LogP contribution is 2.25. The molecule has 2 N–H and O–H groups in total. The summed E-state index contributed by atoms with van der Waals surface area (Å²) in [6.07, 6.45) is 3.54. The largest absolute Gasteiger partial charge is 0.347 e. The molecule has 23 heavy (non-hydrogen) atoms. The first kappa shape index (κ1) is 15.6. The first-order chi connectivity index (χ1) is 11.1. The van der Waals surface area contributed by atoms with Crippen molar-refractivity contribution in [3.8, 4) is 10.7 Å². The van der Waals surface area contributed by atoms with Gasteiger partial charge < -0.3 is 9.88 Å². The first-order valence-corrected chi connectivity index (χ1v) is 8.31. The van der Waals surface area contributed by atoms with Crippen molar-refractivity contribution in [2.45, 2.75) is 19.5 Å². The van der Waals surface area contributed by atoms with E-state index in [-0.39, 0.29) is 5.91 Å². The number of rotatable bonds is 5. The second kappa shape index (κ2) is 6.47. The van der Waals surface area contributed by atoms with Crippen LogP contribution < -0.4 is 5.32 Å². The predicted octanol–water partition coefficient (Wildman–Crippen LogP) is 2.28. The third-order valence-corrected chi connectivity index (χ3v) is 4.71. The molecule has 1 amide bonds. The Kier molecular flexibility index (Phi) is 4.39. The van der Waals surface area contributed by atoms with Gasteiger partial charge in [0.1, 0.15) is 11.9 Å². The Hall–Kier alpha value is -2.26. The number of hydrogen-bond donors (Lipinski definition) is 2. The Balaban J connectivity index is 1.79. The quantitative estimate of drug-likeness (QED) is 0.693. The molecule has 120 valence electrons. The maximum absolute atomic E-state index is 12.5. The average Bonchev–Trinajstić information content (AvgIpc) is 3.25. The Morgan fingerprint density at radius 1 is 1.57 bits per heavy atom. The number of carbonyl (C=O) groups is 1. The van der Waals surface area contributed by atoms with Crippen LogP contribution in [0.25, 0.3) is 10.7 Å². The molecule has 0 bridgehead atoms. The highest BCUT2D eigenvalue weighted by molar-refractivity contribution is 7.71. The summed E-state index contributed by atoms with van der Waals surface area (Å²) >= 11 is 6.83. The van der Waals surface area contributed by atoms with Crippen molar-refractivity contribution in [3.63, 3.8) is 0 Å². The van der Waals surface area contributed by atoms with Crippen molar-refractivity contribution < 1.29 is 4.79 Å². The summed E-state index contributed by atoms with van der Waals surface area (Å²) < 4.78 is 4.02. The zero-order valence-corrected chi connectivity index (χ0v) is 14.3. The molecule has 3 aromatic rings. The third kappa shape index (κ3) is 3.10. The number of imidazole rings is 1. The van der Waals surface area contributed by atoms with Gasteiger partial charge in [0, 0.05) is 19.4 Å². The molecule has 1 atom stereocenters. The zero-order valence-electron chi connectivity index (χ0n) is 12.7. The SMILES string of the molecule is CC(C(=O)NCc1nccn1C)n1c(-c2cccs2)n[nH]c1=S. The number of aromatic amines is 1. The molecule has 1 unspecified atom stereocenters. The summed E-state index contributed by atoms with van der Waals surface area (Å²) in [5, 5.41) is 11.9. The summed E-state index contributed by atoms with van der Waals surface area (Å²) in [6, 6.07) is 3.41. The third-order valence-electron chi connectivity index (χ3n) is 3.55. The van der Waals surface area contributed by atoms with E-state index in [1.54, 1.807) is 29.0 Å². The van der Waals surface area contributed by atoms with E-state index in [0.717, 1.165) is 10.7 Å². The monoisotopic (exact) mass is 348 g/mol. The van der Waals surface area contributed by atoms with Crippen LogP contribution in [0.4, 0.5) is 0 Å². The smallest absolute Gasteiger partial charge is 0.243 e. The van der Waals surface area contributed by atoms with Gasteiger partial charge in [-0.25, -0.2) is 4.98 Å². The van der Waals surface area contributed by atoms with Gasteiger partial charge in [-0.3, -0.25) is 14.5 Å². The normalized spacial score (nSPS) is 12.3. The molecule has 7 nitrogen and oxygen atoms in total. The fraction of sp³-hybridized carbons (Fsp3) is 0.286. The van der Waals surface area contributed by atoms with Crippen LogP contribution in [-0.4, -0.2) is 30.2 Å². The first-order valence-electron chi connectivity index (χ1n) is 7.02. The maximum Gasteiger partial charge on any atom is 0.243 e. The van der Waals surface area contributed by atoms with Crippen molar-refractivity contribution in [2.75, 3.05) is 0 Å². The minimum Gasteiger partial charge on any atom is -0.347 e. The molecule has 0 aliphatic rings. The van der Waals surface area contributed by atoms with Gasteiger partial charge in [0.25, 0.3) is 0 Å². The summed E-state index contributed by atoms with van der Waals surface area (Å²) in [7, 11) is 1.89. The number of nitrogens with zero attached hydrogens (tertiary/aromatic N) is 4. The number of H-pyrrole nitrogens is 1. The van der Waals surface area contributed by atoms with Crippen molar-refractivity contribution >= 4 is 29.5 Å². The van der Waals surface area contributed by atoms with E-state index in [1.807, 2.05) is 35.3 Å². The van der Waals surface area contributed by atoms with Crippen LogP contribution in [0, 0.1) is 4.77 Å². The molecule has 3 heterocycles. The van der Waals surface area contributed by atoms with E-state index in [4.69, 9.17) is 12.2 Å². The molecule has 3 rings (SSSR count). The number of aryl methyl sites for hydroxylation is 1. The average molecular weight is 348 g/mol. The summed E-state index contributed by atoms with van der Waals surface area (Å²) in [4.78, 5) is 17.6. The van der Waals surface area contributed by atoms with Gasteiger partial charge in [0.15, 0.2) is 10.6 Å². The zero-order chi connectivity index (χ0) is 16.4. The minimum absolute atomic E-state index is 0.136. The molecular weight excluding hydrogens is 332 g/mol. The predicted molar refractivity (Wildman–Crippen MR) is 90.5 cm³/mol. The van der Waals surface area contributed by atoms with Crippen molar-refractivity contribution in [2.24, 2.45) is 7.05 Å². The van der Waals surface area contributed by atoms with Gasteiger partial charge in [-0.2, -0.15) is 5.10 Å². The molecule has 0 aliphatic carbocycles. The molecule has 0 fully saturated rings. The van der Waals surface area contributed by atoms with Crippen LogP contribution in [0.1, 0.15) is 18.8 Å². The molecule has 0 saturated carbocycles. The maximum atomic E-state index is 12.5. The van der Waals surface area contributed by atoms with E-state index in [2.05, 4.69) is 20.5 Å². The number of amides is 1. The van der Waals surface area contributed by atoms with Gasteiger partial charge in [-0.1, -0.05) is 6.07 Å². The highest BCUT2D eigenvalue weighted by atomic mass is 32.1. The molecule has 9 heteroatoms. The summed E-state index contributed by atoms with van der Waals surface area (Å²) in [5.74, 6) is 1.33. The highest BCUT2D eigenvalue weighted by Gasteiger charge is 2.21. The van der Waals surface area contributed by atoms with E-state index >= 15 is 0 Å². The molecule has 0 aromatic carbocycles. The van der Waals surface area contributed by atoms with Crippen molar-refractivity contribution in [1.29, 1.82) is 0 Å². The lowest BCUT2D eigenvalue weighted by atomic mass is 10.3. The van der Waals surface area contributed by atoms with Crippen LogP contribution in [0.5, 0.6) is 0 Å². The second-order valence-corrected chi connectivity index (χ2v) is 6.38. The lowest BCUT2D eigenvalue weighted by Crippen LogP contribution is -2.31. The summed E-state index contributed by atoms with van der Waals surface area (Å²) in [5.41, 5.74) is 0. The molecule has 0 spiro atoms. The standard InChI is InChI=1S/C14H16N6OS2/c1-9(13(21)16-8-11-15-5-6-19(11)2)20-12(17-18-14(20)22)10-4-3-7-23-10/h3-7,9H,8H2,1-2H3,(H,16,21)(H,18,22). The van der Waals surface area contributed by atoms with E-state index in [9.17, 15) is 4.79 Å². The van der Waals surface area contributed by atoms with Crippen molar-refractivity contribution in [1.82, 2.24) is 29.6 Å². The molecule has 0 radical (unpaired) electrons.